The standard InChI is InChI=1S/C10H9BrClNO2/c11-10-5-9(15-13-10)6-14-8-3-1-7(12)2-4-8/h1-4,9H,5-6H2/t9-/m1/s1. The average molecular weight is 291 g/mol. The Morgan fingerprint density at radius 2 is 2.20 bits per heavy atom. The summed E-state index contributed by atoms with van der Waals surface area (Å²) in [6.45, 7) is 0.486. The number of rotatable bonds is 3. The first-order valence-electron chi connectivity index (χ1n) is 4.50. The van der Waals surface area contributed by atoms with Crippen LogP contribution < -0.4 is 4.74 Å². The van der Waals surface area contributed by atoms with Gasteiger partial charge in [-0.1, -0.05) is 16.8 Å². The zero-order chi connectivity index (χ0) is 10.7. The van der Waals surface area contributed by atoms with Crippen LogP contribution in [0.5, 0.6) is 5.75 Å². The van der Waals surface area contributed by atoms with E-state index in [0.717, 1.165) is 16.8 Å². The average Bonchev–Trinajstić information content (AvgIpc) is 2.64. The Hall–Kier alpha value is -0.740. The molecule has 0 saturated carbocycles. The zero-order valence-corrected chi connectivity index (χ0v) is 10.2. The quantitative estimate of drug-likeness (QED) is 0.856. The van der Waals surface area contributed by atoms with Crippen LogP contribution in [0.3, 0.4) is 0 Å². The number of nitrogens with zero attached hydrogens (tertiary/aromatic N) is 1. The Labute approximate surface area is 101 Å². The van der Waals surface area contributed by atoms with Crippen molar-refractivity contribution in [2.45, 2.75) is 12.5 Å². The van der Waals surface area contributed by atoms with Gasteiger partial charge in [-0.15, -0.1) is 0 Å². The Balaban J connectivity index is 1.81. The molecule has 3 nitrogen and oxygen atoms in total. The van der Waals surface area contributed by atoms with Crippen LogP contribution in [0, 0.1) is 0 Å². The highest BCUT2D eigenvalue weighted by atomic mass is 79.9. The summed E-state index contributed by atoms with van der Waals surface area (Å²) in [6, 6.07) is 7.23. The molecule has 0 unspecified atom stereocenters. The summed E-state index contributed by atoms with van der Waals surface area (Å²) in [5.74, 6) is 0.783. The van der Waals surface area contributed by atoms with Crippen LogP contribution in [-0.4, -0.2) is 17.3 Å². The topological polar surface area (TPSA) is 30.8 Å². The molecule has 1 heterocycles. The molecule has 1 aromatic carbocycles. The van der Waals surface area contributed by atoms with E-state index in [1.807, 2.05) is 12.1 Å². The Kier molecular flexibility index (Phi) is 3.49. The maximum absolute atomic E-state index is 5.75. The minimum absolute atomic E-state index is 0.00458. The van der Waals surface area contributed by atoms with Gasteiger partial charge in [0, 0.05) is 11.4 Å². The first-order chi connectivity index (χ1) is 7.24. The van der Waals surface area contributed by atoms with Crippen LogP contribution in [0.25, 0.3) is 0 Å². The van der Waals surface area contributed by atoms with Crippen LogP contribution in [0.15, 0.2) is 29.4 Å². The third-order valence-electron chi connectivity index (χ3n) is 1.95. The maximum atomic E-state index is 5.75. The molecule has 0 amide bonds. The van der Waals surface area contributed by atoms with Gasteiger partial charge in [0.05, 0.1) is 0 Å². The Morgan fingerprint density at radius 3 is 2.80 bits per heavy atom. The summed E-state index contributed by atoms with van der Waals surface area (Å²) in [5.41, 5.74) is 0. The minimum Gasteiger partial charge on any atom is -0.490 e. The van der Waals surface area contributed by atoms with Crippen molar-refractivity contribution in [1.82, 2.24) is 0 Å². The third kappa shape index (κ3) is 3.11. The van der Waals surface area contributed by atoms with E-state index in [1.54, 1.807) is 12.1 Å². The number of halogens is 2. The number of ether oxygens (including phenoxy) is 1. The molecule has 15 heavy (non-hydrogen) atoms. The second-order valence-corrected chi connectivity index (χ2v) is 4.52. The fourth-order valence-electron chi connectivity index (χ4n) is 1.20. The second kappa shape index (κ2) is 4.86. The Bertz CT molecular complexity index is 366. The van der Waals surface area contributed by atoms with E-state index in [0.29, 0.717) is 11.6 Å². The van der Waals surface area contributed by atoms with E-state index in [4.69, 9.17) is 21.2 Å². The highest BCUT2D eigenvalue weighted by Gasteiger charge is 2.19. The molecular weight excluding hydrogens is 281 g/mol. The smallest absolute Gasteiger partial charge is 0.167 e. The summed E-state index contributed by atoms with van der Waals surface area (Å²) in [6.07, 6.45) is 0.753. The first-order valence-corrected chi connectivity index (χ1v) is 5.68. The SMILES string of the molecule is Clc1ccc(OC[C@H]2CC(Br)=NO2)cc1. The highest BCUT2D eigenvalue weighted by Crippen LogP contribution is 2.18. The van der Waals surface area contributed by atoms with Gasteiger partial charge in [0.15, 0.2) is 6.10 Å². The predicted octanol–water partition coefficient (Wildman–Crippen LogP) is 3.22. The Morgan fingerprint density at radius 1 is 1.47 bits per heavy atom. The van der Waals surface area contributed by atoms with Gasteiger partial charge in [-0.25, -0.2) is 0 Å². The van der Waals surface area contributed by atoms with E-state index in [9.17, 15) is 0 Å². The van der Waals surface area contributed by atoms with Crippen molar-refractivity contribution in [1.29, 1.82) is 0 Å². The van der Waals surface area contributed by atoms with Crippen molar-refractivity contribution in [2.75, 3.05) is 6.61 Å². The lowest BCUT2D eigenvalue weighted by atomic mass is 10.3. The third-order valence-corrected chi connectivity index (χ3v) is 2.67. The number of hydrogen-bond acceptors (Lipinski definition) is 3. The molecular formula is C10H9BrClNO2. The van der Waals surface area contributed by atoms with Crippen molar-refractivity contribution in [3.05, 3.63) is 29.3 Å². The van der Waals surface area contributed by atoms with Crippen LogP contribution in [-0.2, 0) is 4.84 Å². The number of oxime groups is 1. The van der Waals surface area contributed by atoms with Gasteiger partial charge in [-0.05, 0) is 40.2 Å². The van der Waals surface area contributed by atoms with Crippen LogP contribution >= 0.6 is 27.5 Å². The van der Waals surface area contributed by atoms with Crippen molar-refractivity contribution in [3.63, 3.8) is 0 Å². The number of hydrogen-bond donors (Lipinski definition) is 0. The lowest BCUT2D eigenvalue weighted by molar-refractivity contribution is 0.0471. The molecule has 0 fully saturated rings. The molecule has 0 N–H and O–H groups in total. The summed E-state index contributed by atoms with van der Waals surface area (Å²) >= 11 is 9.02. The lowest BCUT2D eigenvalue weighted by Crippen LogP contribution is -2.17. The lowest BCUT2D eigenvalue weighted by Gasteiger charge is -2.09. The number of benzene rings is 1. The first kappa shape index (κ1) is 10.8. The molecule has 0 radical (unpaired) electrons. The maximum Gasteiger partial charge on any atom is 0.167 e. The summed E-state index contributed by atoms with van der Waals surface area (Å²) < 4.78 is 6.34. The van der Waals surface area contributed by atoms with Gasteiger partial charge in [0.2, 0.25) is 0 Å². The molecule has 0 saturated heterocycles. The van der Waals surface area contributed by atoms with Crippen LogP contribution in [0.1, 0.15) is 6.42 Å². The van der Waals surface area contributed by atoms with Gasteiger partial charge in [-0.2, -0.15) is 0 Å². The van der Waals surface area contributed by atoms with E-state index < -0.39 is 0 Å². The molecule has 1 aliphatic heterocycles. The fraction of sp³-hybridized carbons (Fsp3) is 0.300. The van der Waals surface area contributed by atoms with E-state index in [-0.39, 0.29) is 6.10 Å². The normalized spacial score (nSPS) is 19.6. The molecule has 1 aliphatic rings. The molecule has 0 aromatic heterocycles. The summed E-state index contributed by atoms with van der Waals surface area (Å²) in [4.78, 5) is 5.10. The second-order valence-electron chi connectivity index (χ2n) is 3.16. The monoisotopic (exact) mass is 289 g/mol. The summed E-state index contributed by atoms with van der Waals surface area (Å²) in [5, 5.41) is 4.48. The molecule has 0 bridgehead atoms. The molecule has 80 valence electrons. The summed E-state index contributed by atoms with van der Waals surface area (Å²) in [7, 11) is 0. The van der Waals surface area contributed by atoms with Crippen LogP contribution in [0.4, 0.5) is 0 Å². The van der Waals surface area contributed by atoms with E-state index >= 15 is 0 Å². The van der Waals surface area contributed by atoms with E-state index in [2.05, 4.69) is 21.1 Å². The van der Waals surface area contributed by atoms with Gasteiger partial charge < -0.3 is 9.57 Å². The van der Waals surface area contributed by atoms with Crippen molar-refractivity contribution >= 4 is 32.2 Å². The highest BCUT2D eigenvalue weighted by molar-refractivity contribution is 9.18. The molecule has 0 spiro atoms. The zero-order valence-electron chi connectivity index (χ0n) is 7.82. The van der Waals surface area contributed by atoms with Crippen molar-refractivity contribution in [3.8, 4) is 5.75 Å². The van der Waals surface area contributed by atoms with Gasteiger partial charge in [-0.3, -0.25) is 0 Å². The van der Waals surface area contributed by atoms with Crippen LogP contribution in [0.2, 0.25) is 5.02 Å². The fourth-order valence-corrected chi connectivity index (χ4v) is 1.77. The molecule has 1 atom stereocenters. The van der Waals surface area contributed by atoms with E-state index in [1.165, 1.54) is 0 Å². The van der Waals surface area contributed by atoms with Crippen molar-refractivity contribution in [2.24, 2.45) is 5.16 Å². The molecule has 1 aromatic rings. The molecule has 5 heteroatoms. The minimum atomic E-state index is -0.00458. The molecule has 2 rings (SSSR count). The predicted molar refractivity (Wildman–Crippen MR) is 62.8 cm³/mol. The molecule has 0 aliphatic carbocycles. The van der Waals surface area contributed by atoms with Gasteiger partial charge in [0.1, 0.15) is 17.0 Å². The largest absolute Gasteiger partial charge is 0.490 e. The van der Waals surface area contributed by atoms with Gasteiger partial charge in [0.25, 0.3) is 0 Å². The van der Waals surface area contributed by atoms with Gasteiger partial charge >= 0.3 is 0 Å². The van der Waals surface area contributed by atoms with Crippen molar-refractivity contribution < 1.29 is 9.57 Å².